The highest BCUT2D eigenvalue weighted by Crippen LogP contribution is 2.53. The van der Waals surface area contributed by atoms with Crippen LogP contribution in [-0.4, -0.2) is 21.8 Å². The number of aliphatic carboxylic acids is 1. The quantitative estimate of drug-likeness (QED) is 0.595. The minimum absolute atomic E-state index is 0.0903. The molecule has 64 valence electrons. The van der Waals surface area contributed by atoms with E-state index in [-0.39, 0.29) is 11.3 Å². The Morgan fingerprint density at radius 2 is 2.00 bits per heavy atom. The van der Waals surface area contributed by atoms with Crippen molar-refractivity contribution in [3.05, 3.63) is 0 Å². The normalized spacial score (nSPS) is 36.9. The zero-order chi connectivity index (χ0) is 8.86. The molecule has 0 bridgehead atoms. The molecule has 0 heterocycles. The van der Waals surface area contributed by atoms with Gasteiger partial charge in [-0.1, -0.05) is 20.8 Å². The first-order valence-corrected chi connectivity index (χ1v) is 3.74. The Morgan fingerprint density at radius 3 is 2.09 bits per heavy atom. The van der Waals surface area contributed by atoms with Crippen molar-refractivity contribution in [2.75, 3.05) is 0 Å². The molecule has 1 rings (SSSR count). The Labute approximate surface area is 66.0 Å². The molecule has 1 aliphatic carbocycles. The monoisotopic (exact) mass is 158 g/mol. The second-order valence-corrected chi connectivity index (χ2v) is 4.35. The van der Waals surface area contributed by atoms with Crippen LogP contribution in [0.2, 0.25) is 0 Å². The number of hydrogen-bond donors (Lipinski definition) is 2. The highest BCUT2D eigenvalue weighted by Gasteiger charge is 2.63. The van der Waals surface area contributed by atoms with Crippen molar-refractivity contribution in [2.24, 2.45) is 11.3 Å². The maximum atomic E-state index is 10.5. The molecule has 1 saturated carbocycles. The number of rotatable bonds is 1. The minimum Gasteiger partial charge on any atom is -0.479 e. The van der Waals surface area contributed by atoms with Gasteiger partial charge in [-0.15, -0.1) is 0 Å². The Balaban J connectivity index is 2.68. The van der Waals surface area contributed by atoms with Gasteiger partial charge in [-0.2, -0.15) is 0 Å². The number of carbonyl (C=O) groups is 1. The zero-order valence-corrected chi connectivity index (χ0v) is 7.09. The van der Waals surface area contributed by atoms with Gasteiger partial charge < -0.3 is 10.2 Å². The van der Waals surface area contributed by atoms with E-state index in [2.05, 4.69) is 0 Å². The van der Waals surface area contributed by atoms with Crippen molar-refractivity contribution in [1.82, 2.24) is 0 Å². The van der Waals surface area contributed by atoms with E-state index in [1.807, 2.05) is 20.8 Å². The number of carboxylic acids is 1. The second-order valence-electron chi connectivity index (χ2n) is 4.35. The van der Waals surface area contributed by atoms with Crippen LogP contribution in [0.1, 0.15) is 27.2 Å². The molecule has 0 unspecified atom stereocenters. The van der Waals surface area contributed by atoms with E-state index in [1.165, 1.54) is 0 Å². The third-order valence-electron chi connectivity index (χ3n) is 2.35. The van der Waals surface area contributed by atoms with Crippen LogP contribution in [0.5, 0.6) is 0 Å². The topological polar surface area (TPSA) is 57.5 Å². The van der Waals surface area contributed by atoms with E-state index in [1.54, 1.807) is 0 Å². The predicted octanol–water partition coefficient (Wildman–Crippen LogP) is 0.868. The first kappa shape index (κ1) is 8.53. The Kier molecular flexibility index (Phi) is 1.53. The second kappa shape index (κ2) is 1.97. The molecule has 0 aliphatic heterocycles. The van der Waals surface area contributed by atoms with Gasteiger partial charge in [0.2, 0.25) is 0 Å². The first-order valence-electron chi connectivity index (χ1n) is 3.74. The van der Waals surface area contributed by atoms with Crippen LogP contribution >= 0.6 is 0 Å². The largest absolute Gasteiger partial charge is 0.479 e. The molecule has 2 atom stereocenters. The van der Waals surface area contributed by atoms with Crippen LogP contribution in [0.25, 0.3) is 0 Å². The molecule has 0 radical (unpaired) electrons. The van der Waals surface area contributed by atoms with Crippen molar-refractivity contribution >= 4 is 5.97 Å². The molecule has 3 nitrogen and oxygen atoms in total. The molecule has 0 spiro atoms. The smallest absolute Gasteiger partial charge is 0.336 e. The number of carboxylic acid groups (broad SMARTS) is 1. The third-order valence-corrected chi connectivity index (χ3v) is 2.35. The summed E-state index contributed by atoms with van der Waals surface area (Å²) in [6.45, 7) is 5.83. The number of aliphatic hydroxyl groups is 1. The van der Waals surface area contributed by atoms with Gasteiger partial charge in [-0.3, -0.25) is 0 Å². The lowest BCUT2D eigenvalue weighted by Crippen LogP contribution is -2.28. The average Bonchev–Trinajstić information content (AvgIpc) is 2.41. The van der Waals surface area contributed by atoms with Crippen molar-refractivity contribution in [1.29, 1.82) is 0 Å². The fourth-order valence-corrected chi connectivity index (χ4v) is 1.51. The molecule has 0 aromatic carbocycles. The summed E-state index contributed by atoms with van der Waals surface area (Å²) in [4.78, 5) is 10.5. The van der Waals surface area contributed by atoms with E-state index in [0.717, 1.165) is 0 Å². The molecule has 1 aliphatic rings. The summed E-state index contributed by atoms with van der Waals surface area (Å²) in [5.74, 6) is -1.18. The maximum Gasteiger partial charge on any atom is 0.336 e. The van der Waals surface area contributed by atoms with Crippen LogP contribution in [-0.2, 0) is 4.79 Å². The molecule has 2 N–H and O–H groups in total. The summed E-state index contributed by atoms with van der Waals surface area (Å²) in [6.07, 6.45) is 0.395. The molecule has 0 saturated heterocycles. The molecule has 0 aromatic rings. The fraction of sp³-hybridized carbons (Fsp3) is 0.875. The molecule has 1 fully saturated rings. The first-order chi connectivity index (χ1) is 4.78. The summed E-state index contributed by atoms with van der Waals surface area (Å²) >= 11 is 0. The van der Waals surface area contributed by atoms with Crippen molar-refractivity contribution < 1.29 is 15.0 Å². The number of hydrogen-bond acceptors (Lipinski definition) is 2. The lowest BCUT2D eigenvalue weighted by Gasteiger charge is -2.19. The van der Waals surface area contributed by atoms with Gasteiger partial charge in [0.25, 0.3) is 0 Å². The fourth-order valence-electron chi connectivity index (χ4n) is 1.51. The van der Waals surface area contributed by atoms with Gasteiger partial charge in [0, 0.05) is 5.92 Å². The molecule has 0 amide bonds. The summed E-state index contributed by atoms with van der Waals surface area (Å²) in [7, 11) is 0. The van der Waals surface area contributed by atoms with E-state index >= 15 is 0 Å². The van der Waals surface area contributed by atoms with Crippen molar-refractivity contribution in [3.8, 4) is 0 Å². The highest BCUT2D eigenvalue weighted by atomic mass is 16.4. The highest BCUT2D eigenvalue weighted by molar-refractivity contribution is 5.81. The van der Waals surface area contributed by atoms with Gasteiger partial charge in [0.15, 0.2) is 5.60 Å². The molecule has 3 heteroatoms. The van der Waals surface area contributed by atoms with Crippen LogP contribution < -0.4 is 0 Å². The molecule has 11 heavy (non-hydrogen) atoms. The average molecular weight is 158 g/mol. The summed E-state index contributed by atoms with van der Waals surface area (Å²) in [5.41, 5.74) is -1.54. The van der Waals surface area contributed by atoms with Crippen molar-refractivity contribution in [2.45, 2.75) is 32.8 Å². The van der Waals surface area contributed by atoms with Gasteiger partial charge >= 0.3 is 5.97 Å². The zero-order valence-electron chi connectivity index (χ0n) is 7.09. The van der Waals surface area contributed by atoms with Gasteiger partial charge in [-0.25, -0.2) is 4.79 Å². The van der Waals surface area contributed by atoms with E-state index in [0.29, 0.717) is 6.42 Å². The lowest BCUT2D eigenvalue weighted by atomic mass is 9.88. The molecule has 0 aromatic heterocycles. The summed E-state index contributed by atoms with van der Waals surface area (Å²) in [5, 5.41) is 18.0. The Bertz CT molecular complexity index is 192. The third kappa shape index (κ3) is 1.25. The van der Waals surface area contributed by atoms with Gasteiger partial charge in [0.1, 0.15) is 0 Å². The van der Waals surface area contributed by atoms with Crippen LogP contribution in [0.4, 0.5) is 0 Å². The minimum atomic E-state index is -1.43. The predicted molar refractivity (Wildman–Crippen MR) is 40.1 cm³/mol. The Hall–Kier alpha value is -0.570. The van der Waals surface area contributed by atoms with Crippen LogP contribution in [0, 0.1) is 11.3 Å². The SMILES string of the molecule is CC(C)(C)[C@@H]1C[C@@]1(O)C(=O)O. The molecular formula is C8H14O3. The van der Waals surface area contributed by atoms with E-state index in [4.69, 9.17) is 5.11 Å². The summed E-state index contributed by atoms with van der Waals surface area (Å²) < 4.78 is 0. The summed E-state index contributed by atoms with van der Waals surface area (Å²) in [6, 6.07) is 0. The standard InChI is InChI=1S/C8H14O3/c1-7(2,3)5-4-8(5,11)6(9)10/h5,11H,4H2,1-3H3,(H,9,10)/t5-,8-/m0/s1. The van der Waals surface area contributed by atoms with E-state index < -0.39 is 11.6 Å². The van der Waals surface area contributed by atoms with Gasteiger partial charge in [-0.05, 0) is 11.8 Å². The maximum absolute atomic E-state index is 10.5. The van der Waals surface area contributed by atoms with Crippen LogP contribution in [0.15, 0.2) is 0 Å². The lowest BCUT2D eigenvalue weighted by molar-refractivity contribution is -0.151. The van der Waals surface area contributed by atoms with Gasteiger partial charge in [0.05, 0.1) is 0 Å². The Morgan fingerprint density at radius 1 is 1.55 bits per heavy atom. The van der Waals surface area contributed by atoms with Crippen LogP contribution in [0.3, 0.4) is 0 Å². The molecular weight excluding hydrogens is 144 g/mol. The van der Waals surface area contributed by atoms with E-state index in [9.17, 15) is 9.90 Å². The van der Waals surface area contributed by atoms with Crippen molar-refractivity contribution in [3.63, 3.8) is 0 Å².